The maximum Gasteiger partial charge on any atom is 0.339 e. The van der Waals surface area contributed by atoms with Gasteiger partial charge >= 0.3 is 16.6 Å². The number of rotatable bonds is 10. The molecule has 5 rings (SSSR count). The molecule has 0 N–H and O–H groups in total. The minimum Gasteiger partial charge on any atom is -0.531 e. The Labute approximate surface area is 227 Å². The van der Waals surface area contributed by atoms with Crippen LogP contribution in [0.5, 0.6) is 11.5 Å². The van der Waals surface area contributed by atoms with E-state index in [1.54, 1.807) is 0 Å². The van der Waals surface area contributed by atoms with Crippen molar-refractivity contribution in [3.05, 3.63) is 170 Å². The molecule has 0 amide bonds. The Bertz CT molecular complexity index is 1300. The third-order valence-corrected chi connectivity index (χ3v) is 13.8. The molecule has 0 aromatic heterocycles. The van der Waals surface area contributed by atoms with Gasteiger partial charge in [0.1, 0.15) is 11.5 Å². The first-order valence-corrected chi connectivity index (χ1v) is 16.6. The smallest absolute Gasteiger partial charge is 0.339 e. The third kappa shape index (κ3) is 4.92. The summed E-state index contributed by atoms with van der Waals surface area (Å²) in [6.45, 7) is 8.51. The highest BCUT2D eigenvalue weighted by Gasteiger charge is 2.40. The van der Waals surface area contributed by atoms with Crippen LogP contribution in [0.25, 0.3) is 0 Å². The number of benzene rings is 5. The highest BCUT2D eigenvalue weighted by Crippen LogP contribution is 2.25. The van der Waals surface area contributed by atoms with Gasteiger partial charge in [-0.3, -0.25) is 0 Å². The van der Waals surface area contributed by atoms with Crippen LogP contribution in [-0.4, -0.2) is 16.6 Å². The van der Waals surface area contributed by atoms with Gasteiger partial charge in [-0.25, -0.2) is 0 Å². The Kier molecular flexibility index (Phi) is 7.54. The lowest BCUT2D eigenvalue weighted by Gasteiger charge is -2.32. The highest BCUT2D eigenvalue weighted by molar-refractivity contribution is 7.02. The molecule has 0 unspecified atom stereocenters. The van der Waals surface area contributed by atoms with Gasteiger partial charge in [-0.15, -0.1) is 13.2 Å². The predicted molar refractivity (Wildman–Crippen MR) is 164 cm³/mol. The lowest BCUT2D eigenvalue weighted by molar-refractivity contribution is 0.550. The van der Waals surface area contributed by atoms with Gasteiger partial charge in [0, 0.05) is 6.07 Å². The van der Waals surface area contributed by atoms with Crippen molar-refractivity contribution in [3.63, 3.8) is 0 Å². The fourth-order valence-corrected chi connectivity index (χ4v) is 10.8. The quantitative estimate of drug-likeness (QED) is 0.227. The summed E-state index contributed by atoms with van der Waals surface area (Å²) in [4.78, 5) is 0. The second kappa shape index (κ2) is 11.3. The number of hydrogen-bond donors (Lipinski definition) is 0. The van der Waals surface area contributed by atoms with E-state index in [1.165, 1.54) is 0 Å². The van der Waals surface area contributed by atoms with Crippen molar-refractivity contribution in [2.24, 2.45) is 0 Å². The molecule has 0 bridgehead atoms. The maximum absolute atomic E-state index is 6.95. The van der Waals surface area contributed by atoms with Gasteiger partial charge in [-0.1, -0.05) is 139 Å². The van der Waals surface area contributed by atoms with E-state index in [4.69, 9.17) is 8.85 Å². The van der Waals surface area contributed by atoms with Gasteiger partial charge in [0.2, 0.25) is 0 Å². The van der Waals surface area contributed by atoms with Crippen LogP contribution in [0, 0.1) is 0 Å². The minimum absolute atomic E-state index is 0.745. The van der Waals surface area contributed by atoms with E-state index < -0.39 is 16.6 Å². The molecule has 0 atom stereocenters. The van der Waals surface area contributed by atoms with Crippen LogP contribution in [-0.2, 0) is 0 Å². The minimum atomic E-state index is -2.78. The Morgan fingerprint density at radius 3 is 0.947 bits per heavy atom. The van der Waals surface area contributed by atoms with Gasteiger partial charge in [0.05, 0.1) is 0 Å². The molecule has 0 saturated heterocycles. The zero-order valence-electron chi connectivity index (χ0n) is 21.2. The summed E-state index contributed by atoms with van der Waals surface area (Å²) >= 11 is 0. The summed E-state index contributed by atoms with van der Waals surface area (Å²) < 4.78 is 13.9. The van der Waals surface area contributed by atoms with E-state index in [1.807, 2.05) is 59.9 Å². The van der Waals surface area contributed by atoms with Crippen molar-refractivity contribution in [2.45, 2.75) is 0 Å². The molecule has 0 aliphatic carbocycles. The monoisotopic (exact) mass is 526 g/mol. The summed E-state index contributed by atoms with van der Waals surface area (Å²) in [6, 6.07) is 49.5. The van der Waals surface area contributed by atoms with Crippen molar-refractivity contribution >= 4 is 37.4 Å². The van der Waals surface area contributed by atoms with E-state index >= 15 is 0 Å². The molecule has 0 radical (unpaired) electrons. The van der Waals surface area contributed by atoms with Crippen molar-refractivity contribution in [1.82, 2.24) is 0 Å². The highest BCUT2D eigenvalue weighted by atomic mass is 28.4. The summed E-state index contributed by atoms with van der Waals surface area (Å²) in [5, 5.41) is 4.54. The van der Waals surface area contributed by atoms with Crippen LogP contribution in [0.4, 0.5) is 0 Å². The molecule has 0 aliphatic heterocycles. The Morgan fingerprint density at radius 2 is 0.684 bits per heavy atom. The standard InChI is InChI=1S/C34H30O2Si2/c1-3-37(31-20-9-5-10-21-31,32-22-11-6-12-23-32)35-29-18-17-19-30(28-29)36-38(4-2,33-24-13-7-14-25-33)34-26-15-8-16-27-34/h3-28H,1-2H2. The molecule has 186 valence electrons. The summed E-state index contributed by atoms with van der Waals surface area (Å²) in [6.07, 6.45) is 0. The molecular weight excluding hydrogens is 497 g/mol. The average molecular weight is 527 g/mol. The van der Waals surface area contributed by atoms with Crippen molar-refractivity contribution in [3.8, 4) is 11.5 Å². The molecule has 5 aromatic carbocycles. The van der Waals surface area contributed by atoms with Crippen LogP contribution < -0.4 is 29.6 Å². The molecule has 5 aromatic rings. The van der Waals surface area contributed by atoms with Gasteiger partial charge in [-0.2, -0.15) is 0 Å². The molecular formula is C34H30O2Si2. The Morgan fingerprint density at radius 1 is 0.395 bits per heavy atom. The lowest BCUT2D eigenvalue weighted by Crippen LogP contribution is -2.62. The fraction of sp³-hybridized carbons (Fsp3) is 0. The molecule has 38 heavy (non-hydrogen) atoms. The molecule has 0 saturated carbocycles. The molecule has 0 heterocycles. The normalized spacial score (nSPS) is 11.4. The van der Waals surface area contributed by atoms with Crippen molar-refractivity contribution < 1.29 is 8.85 Å². The Balaban J connectivity index is 1.57. The van der Waals surface area contributed by atoms with Gasteiger partial charge in [-0.05, 0) is 32.9 Å². The lowest BCUT2D eigenvalue weighted by atomic mass is 10.3. The summed E-state index contributed by atoms with van der Waals surface area (Å²) in [7, 11) is -5.56. The topological polar surface area (TPSA) is 18.5 Å². The molecule has 0 spiro atoms. The first-order valence-electron chi connectivity index (χ1n) is 12.7. The SMILES string of the molecule is C=C[Si](Oc1cccc(O[Si](C=C)(c2ccccc2)c2ccccc2)c1)(c1ccccc1)c1ccccc1. The summed E-state index contributed by atoms with van der Waals surface area (Å²) in [5.41, 5.74) is 4.00. The molecule has 2 nitrogen and oxygen atoms in total. The van der Waals surface area contributed by atoms with Crippen LogP contribution in [0.15, 0.2) is 170 Å². The van der Waals surface area contributed by atoms with Gasteiger partial charge in [0.25, 0.3) is 0 Å². The number of hydrogen-bond acceptors (Lipinski definition) is 2. The zero-order chi connectivity index (χ0) is 26.3. The van der Waals surface area contributed by atoms with E-state index in [0.717, 1.165) is 32.2 Å². The molecule has 4 heteroatoms. The fourth-order valence-electron chi connectivity index (χ4n) is 4.84. The van der Waals surface area contributed by atoms with E-state index in [2.05, 4.69) is 110 Å². The molecule has 0 aliphatic rings. The van der Waals surface area contributed by atoms with Gasteiger partial charge in [0.15, 0.2) is 0 Å². The largest absolute Gasteiger partial charge is 0.531 e. The predicted octanol–water partition coefficient (Wildman–Crippen LogP) is 5.41. The first kappa shape index (κ1) is 25.3. The van der Waals surface area contributed by atoms with Crippen LogP contribution in [0.1, 0.15) is 0 Å². The van der Waals surface area contributed by atoms with E-state index in [-0.39, 0.29) is 0 Å². The maximum atomic E-state index is 6.95. The average Bonchev–Trinajstić information content (AvgIpc) is 3.01. The van der Waals surface area contributed by atoms with Crippen molar-refractivity contribution in [2.75, 3.05) is 0 Å². The van der Waals surface area contributed by atoms with Crippen LogP contribution >= 0.6 is 0 Å². The molecule has 0 fully saturated rings. The van der Waals surface area contributed by atoms with Crippen molar-refractivity contribution in [1.29, 1.82) is 0 Å². The van der Waals surface area contributed by atoms with Crippen LogP contribution in [0.3, 0.4) is 0 Å². The summed E-state index contributed by atoms with van der Waals surface area (Å²) in [5.74, 6) is 1.49. The Hall–Kier alpha value is -4.39. The third-order valence-electron chi connectivity index (χ3n) is 6.75. The van der Waals surface area contributed by atoms with E-state index in [9.17, 15) is 0 Å². The van der Waals surface area contributed by atoms with Crippen LogP contribution in [0.2, 0.25) is 0 Å². The first-order chi connectivity index (χ1) is 18.7. The second-order valence-corrected chi connectivity index (χ2v) is 15.5. The van der Waals surface area contributed by atoms with E-state index in [0.29, 0.717) is 0 Å². The van der Waals surface area contributed by atoms with Gasteiger partial charge < -0.3 is 8.85 Å². The zero-order valence-corrected chi connectivity index (χ0v) is 23.2. The second-order valence-electron chi connectivity index (χ2n) is 9.02.